The highest BCUT2D eigenvalue weighted by Gasteiger charge is 2.12. The van der Waals surface area contributed by atoms with Gasteiger partial charge in [0.2, 0.25) is 0 Å². The van der Waals surface area contributed by atoms with Crippen molar-refractivity contribution in [2.24, 2.45) is 0 Å². The van der Waals surface area contributed by atoms with Crippen LogP contribution in [0, 0.1) is 18.3 Å². The molecule has 0 aliphatic rings. The van der Waals surface area contributed by atoms with E-state index in [0.717, 1.165) is 21.0 Å². The summed E-state index contributed by atoms with van der Waals surface area (Å²) in [7, 11) is 0. The second-order valence-electron chi connectivity index (χ2n) is 5.18. The molecule has 2 aromatic carbocycles. The van der Waals surface area contributed by atoms with E-state index >= 15 is 0 Å². The number of aryl methyl sites for hydroxylation is 1. The molecule has 1 heterocycles. The topological polar surface area (TPSA) is 54.0 Å². The van der Waals surface area contributed by atoms with Crippen molar-refractivity contribution in [3.8, 4) is 6.07 Å². The molecule has 0 aliphatic heterocycles. The molecular formula is C19H12BrNO2. The molecule has 4 heteroatoms. The lowest BCUT2D eigenvalue weighted by Crippen LogP contribution is -2.06. The third kappa shape index (κ3) is 3.10. The maximum absolute atomic E-state index is 12.0. The van der Waals surface area contributed by atoms with Gasteiger partial charge in [0, 0.05) is 15.4 Å². The molecule has 112 valence electrons. The summed E-state index contributed by atoms with van der Waals surface area (Å²) in [5.41, 5.74) is 2.48. The Morgan fingerprint density at radius 2 is 2.00 bits per heavy atom. The number of nitriles is 1. The highest BCUT2D eigenvalue weighted by Crippen LogP contribution is 2.24. The van der Waals surface area contributed by atoms with Crippen molar-refractivity contribution in [1.29, 1.82) is 5.26 Å². The molecule has 3 nitrogen and oxygen atoms in total. The van der Waals surface area contributed by atoms with Gasteiger partial charge in [-0.25, -0.2) is 4.79 Å². The summed E-state index contributed by atoms with van der Waals surface area (Å²) in [6, 6.07) is 15.3. The van der Waals surface area contributed by atoms with E-state index < -0.39 is 5.63 Å². The quantitative estimate of drug-likeness (QED) is 0.606. The predicted molar refractivity (Wildman–Crippen MR) is 95.0 cm³/mol. The molecule has 0 N–H and O–H groups in total. The summed E-state index contributed by atoms with van der Waals surface area (Å²) < 4.78 is 6.20. The van der Waals surface area contributed by atoms with Gasteiger partial charge in [0.1, 0.15) is 17.2 Å². The largest absolute Gasteiger partial charge is 0.422 e. The second-order valence-corrected chi connectivity index (χ2v) is 6.09. The van der Waals surface area contributed by atoms with Crippen molar-refractivity contribution in [1.82, 2.24) is 0 Å². The number of hydrogen-bond donors (Lipinski definition) is 0. The van der Waals surface area contributed by atoms with E-state index in [2.05, 4.69) is 15.9 Å². The first-order valence-electron chi connectivity index (χ1n) is 7.00. The molecule has 1 aromatic heterocycles. The fourth-order valence-corrected chi connectivity index (χ4v) is 2.82. The fraction of sp³-hybridized carbons (Fsp3) is 0.0526. The van der Waals surface area contributed by atoms with Gasteiger partial charge in [-0.05, 0) is 36.8 Å². The van der Waals surface area contributed by atoms with Crippen LogP contribution in [0.15, 0.2) is 56.1 Å². The van der Waals surface area contributed by atoms with Crippen LogP contribution in [0.2, 0.25) is 0 Å². The zero-order chi connectivity index (χ0) is 16.4. The zero-order valence-electron chi connectivity index (χ0n) is 12.3. The molecular weight excluding hydrogens is 354 g/mol. The number of nitrogens with zero attached hydrogens (tertiary/aromatic N) is 1. The van der Waals surface area contributed by atoms with Crippen molar-refractivity contribution in [2.75, 3.05) is 0 Å². The molecule has 0 atom stereocenters. The minimum Gasteiger partial charge on any atom is -0.422 e. The van der Waals surface area contributed by atoms with Gasteiger partial charge in [-0.1, -0.05) is 51.8 Å². The van der Waals surface area contributed by atoms with Crippen LogP contribution in [0.4, 0.5) is 0 Å². The van der Waals surface area contributed by atoms with Gasteiger partial charge in [0.15, 0.2) is 0 Å². The van der Waals surface area contributed by atoms with Crippen LogP contribution in [0.3, 0.4) is 0 Å². The summed E-state index contributed by atoms with van der Waals surface area (Å²) in [6.45, 7) is 1.96. The second kappa shape index (κ2) is 6.23. The normalized spacial score (nSPS) is 11.0. The molecule has 0 saturated carbocycles. The molecule has 0 bridgehead atoms. The SMILES string of the molecule is Cc1ccc2oc(=O)c(C#N)c(C=Cc3cccc(Br)c3)c2c1. The van der Waals surface area contributed by atoms with Crippen LogP contribution in [-0.2, 0) is 0 Å². The lowest BCUT2D eigenvalue weighted by atomic mass is 10.0. The monoisotopic (exact) mass is 365 g/mol. The summed E-state index contributed by atoms with van der Waals surface area (Å²) >= 11 is 3.43. The third-order valence-electron chi connectivity index (χ3n) is 3.50. The number of benzene rings is 2. The summed E-state index contributed by atoms with van der Waals surface area (Å²) in [5, 5.41) is 10.1. The Bertz CT molecular complexity index is 1030. The first-order valence-corrected chi connectivity index (χ1v) is 7.79. The number of hydrogen-bond acceptors (Lipinski definition) is 3. The highest BCUT2D eigenvalue weighted by molar-refractivity contribution is 9.10. The summed E-state index contributed by atoms with van der Waals surface area (Å²) in [4.78, 5) is 12.0. The van der Waals surface area contributed by atoms with Crippen LogP contribution < -0.4 is 5.63 Å². The molecule has 0 aliphatic carbocycles. The van der Waals surface area contributed by atoms with Gasteiger partial charge in [-0.3, -0.25) is 0 Å². The minimum absolute atomic E-state index is 0.0225. The van der Waals surface area contributed by atoms with Crippen LogP contribution in [0.1, 0.15) is 22.3 Å². The number of halogens is 1. The average molecular weight is 366 g/mol. The van der Waals surface area contributed by atoms with E-state index in [1.54, 1.807) is 12.1 Å². The maximum atomic E-state index is 12.0. The summed E-state index contributed by atoms with van der Waals surface area (Å²) in [5.74, 6) is 0. The van der Waals surface area contributed by atoms with Gasteiger partial charge in [-0.2, -0.15) is 5.26 Å². The average Bonchev–Trinajstić information content (AvgIpc) is 2.53. The Balaban J connectivity index is 2.24. The third-order valence-corrected chi connectivity index (χ3v) is 4.00. The van der Waals surface area contributed by atoms with Crippen molar-refractivity contribution in [3.63, 3.8) is 0 Å². The van der Waals surface area contributed by atoms with E-state index in [1.807, 2.05) is 55.5 Å². The van der Waals surface area contributed by atoms with E-state index in [9.17, 15) is 10.1 Å². The maximum Gasteiger partial charge on any atom is 0.354 e. The zero-order valence-corrected chi connectivity index (χ0v) is 13.9. The standard InChI is InChI=1S/C19H12BrNO2/c1-12-5-8-18-16(9-12)15(17(11-21)19(22)23-18)7-6-13-3-2-4-14(20)10-13/h2-10H,1H3. The van der Waals surface area contributed by atoms with Gasteiger partial charge in [0.25, 0.3) is 0 Å². The van der Waals surface area contributed by atoms with E-state index in [-0.39, 0.29) is 5.56 Å². The van der Waals surface area contributed by atoms with Gasteiger partial charge in [0.05, 0.1) is 0 Å². The first kappa shape index (κ1) is 15.3. The Labute approximate surface area is 141 Å². The Morgan fingerprint density at radius 1 is 1.17 bits per heavy atom. The molecule has 0 fully saturated rings. The van der Waals surface area contributed by atoms with E-state index in [0.29, 0.717) is 11.1 Å². The van der Waals surface area contributed by atoms with Crippen LogP contribution in [0.5, 0.6) is 0 Å². The Morgan fingerprint density at radius 3 is 2.74 bits per heavy atom. The van der Waals surface area contributed by atoms with Crippen molar-refractivity contribution < 1.29 is 4.42 Å². The predicted octanol–water partition coefficient (Wildman–Crippen LogP) is 4.91. The molecule has 0 saturated heterocycles. The smallest absolute Gasteiger partial charge is 0.354 e. The van der Waals surface area contributed by atoms with Crippen molar-refractivity contribution >= 4 is 39.1 Å². The lowest BCUT2D eigenvalue weighted by Gasteiger charge is -2.04. The van der Waals surface area contributed by atoms with Crippen molar-refractivity contribution in [2.45, 2.75) is 6.92 Å². The molecule has 0 radical (unpaired) electrons. The van der Waals surface area contributed by atoms with Crippen molar-refractivity contribution in [3.05, 3.63) is 79.6 Å². The van der Waals surface area contributed by atoms with Crippen LogP contribution in [0.25, 0.3) is 23.1 Å². The van der Waals surface area contributed by atoms with Crippen LogP contribution in [-0.4, -0.2) is 0 Å². The fourth-order valence-electron chi connectivity index (χ4n) is 2.41. The Hall–Kier alpha value is -2.64. The summed E-state index contributed by atoms with van der Waals surface area (Å²) in [6.07, 6.45) is 3.67. The van der Waals surface area contributed by atoms with Gasteiger partial charge < -0.3 is 4.42 Å². The first-order chi connectivity index (χ1) is 11.1. The molecule has 3 rings (SSSR count). The highest BCUT2D eigenvalue weighted by atomic mass is 79.9. The van der Waals surface area contributed by atoms with E-state index in [4.69, 9.17) is 4.42 Å². The molecule has 0 unspecified atom stereocenters. The molecule has 0 amide bonds. The lowest BCUT2D eigenvalue weighted by molar-refractivity contribution is 0.558. The molecule has 0 spiro atoms. The number of rotatable bonds is 2. The minimum atomic E-state index is -0.613. The number of fused-ring (bicyclic) bond motifs is 1. The van der Waals surface area contributed by atoms with Crippen LogP contribution >= 0.6 is 15.9 Å². The molecule has 23 heavy (non-hydrogen) atoms. The Kier molecular flexibility index (Phi) is 4.14. The van der Waals surface area contributed by atoms with E-state index in [1.165, 1.54) is 0 Å². The van der Waals surface area contributed by atoms with Gasteiger partial charge >= 0.3 is 5.63 Å². The van der Waals surface area contributed by atoms with Gasteiger partial charge in [-0.15, -0.1) is 0 Å². The molecule has 3 aromatic rings.